The summed E-state index contributed by atoms with van der Waals surface area (Å²) in [5.41, 5.74) is 0.636. The Hall–Kier alpha value is -1.39. The number of hydrogen-bond donors (Lipinski definition) is 0. The van der Waals surface area contributed by atoms with Crippen LogP contribution < -0.4 is 4.74 Å². The van der Waals surface area contributed by atoms with E-state index in [-0.39, 0.29) is 12.1 Å². The minimum Gasteiger partial charge on any atom is -0.488 e. The SMILES string of the molecule is CCOC(COc1cccc(C(C)=O)c1)OCC. The number of ether oxygens (including phenoxy) is 3. The minimum atomic E-state index is -0.374. The fourth-order valence-corrected chi connectivity index (χ4v) is 1.49. The molecule has 0 atom stereocenters. The van der Waals surface area contributed by atoms with Gasteiger partial charge < -0.3 is 14.2 Å². The molecule has 0 N–H and O–H groups in total. The van der Waals surface area contributed by atoms with Crippen molar-refractivity contribution in [2.75, 3.05) is 19.8 Å². The zero-order valence-corrected chi connectivity index (χ0v) is 11.1. The van der Waals surface area contributed by atoms with E-state index in [1.165, 1.54) is 6.92 Å². The fourth-order valence-electron chi connectivity index (χ4n) is 1.49. The van der Waals surface area contributed by atoms with Crippen molar-refractivity contribution in [3.63, 3.8) is 0 Å². The lowest BCUT2D eigenvalue weighted by atomic mass is 10.1. The Morgan fingerprint density at radius 3 is 2.44 bits per heavy atom. The summed E-state index contributed by atoms with van der Waals surface area (Å²) in [5.74, 6) is 0.665. The highest BCUT2D eigenvalue weighted by Crippen LogP contribution is 2.14. The molecule has 0 spiro atoms. The first-order valence-corrected chi connectivity index (χ1v) is 6.14. The topological polar surface area (TPSA) is 44.8 Å². The van der Waals surface area contributed by atoms with Gasteiger partial charge in [-0.1, -0.05) is 12.1 Å². The van der Waals surface area contributed by atoms with Gasteiger partial charge in [0.25, 0.3) is 0 Å². The van der Waals surface area contributed by atoms with E-state index < -0.39 is 0 Å². The molecule has 0 amide bonds. The average molecular weight is 252 g/mol. The van der Waals surface area contributed by atoms with Crippen LogP contribution in [0.15, 0.2) is 24.3 Å². The van der Waals surface area contributed by atoms with Gasteiger partial charge in [0, 0.05) is 18.8 Å². The van der Waals surface area contributed by atoms with Gasteiger partial charge in [-0.25, -0.2) is 0 Å². The van der Waals surface area contributed by atoms with Crippen molar-refractivity contribution in [3.8, 4) is 5.75 Å². The summed E-state index contributed by atoms with van der Waals surface area (Å²) >= 11 is 0. The van der Waals surface area contributed by atoms with Crippen molar-refractivity contribution in [2.24, 2.45) is 0 Å². The van der Waals surface area contributed by atoms with E-state index in [0.717, 1.165) is 0 Å². The van der Waals surface area contributed by atoms with Crippen LogP contribution in [-0.4, -0.2) is 31.9 Å². The molecule has 0 unspecified atom stereocenters. The number of ketones is 1. The lowest BCUT2D eigenvalue weighted by molar-refractivity contribution is -0.152. The second kappa shape index (κ2) is 7.84. The molecule has 1 rings (SSSR count). The highest BCUT2D eigenvalue weighted by Gasteiger charge is 2.09. The van der Waals surface area contributed by atoms with Gasteiger partial charge in [0.15, 0.2) is 12.1 Å². The van der Waals surface area contributed by atoms with E-state index in [1.807, 2.05) is 13.8 Å². The predicted molar refractivity (Wildman–Crippen MR) is 69.0 cm³/mol. The van der Waals surface area contributed by atoms with Gasteiger partial charge in [-0.05, 0) is 32.9 Å². The molecule has 100 valence electrons. The van der Waals surface area contributed by atoms with E-state index >= 15 is 0 Å². The molecule has 0 aliphatic heterocycles. The molecule has 0 aromatic heterocycles. The van der Waals surface area contributed by atoms with Crippen LogP contribution in [0, 0.1) is 0 Å². The molecular formula is C14H20O4. The monoisotopic (exact) mass is 252 g/mol. The summed E-state index contributed by atoms with van der Waals surface area (Å²) < 4.78 is 16.3. The lowest BCUT2D eigenvalue weighted by Crippen LogP contribution is -2.25. The molecule has 0 aliphatic carbocycles. The standard InChI is InChI=1S/C14H20O4/c1-4-16-14(17-5-2)10-18-13-8-6-7-12(9-13)11(3)15/h6-9,14H,4-5,10H2,1-3H3. The van der Waals surface area contributed by atoms with Crippen LogP contribution in [0.1, 0.15) is 31.1 Å². The minimum absolute atomic E-state index is 0.0200. The number of Topliss-reactive ketones (excluding diaryl/α,β-unsaturated/α-hetero) is 1. The molecule has 18 heavy (non-hydrogen) atoms. The Morgan fingerprint density at radius 1 is 1.22 bits per heavy atom. The zero-order valence-electron chi connectivity index (χ0n) is 11.1. The molecule has 4 heteroatoms. The smallest absolute Gasteiger partial charge is 0.191 e. The van der Waals surface area contributed by atoms with Crippen molar-refractivity contribution in [2.45, 2.75) is 27.1 Å². The molecule has 1 aromatic rings. The third-order valence-corrected chi connectivity index (χ3v) is 2.33. The number of rotatable bonds is 8. The quantitative estimate of drug-likeness (QED) is 0.527. The first-order chi connectivity index (χ1) is 8.67. The second-order valence-corrected chi connectivity index (χ2v) is 3.74. The van der Waals surface area contributed by atoms with Crippen LogP contribution in [0.2, 0.25) is 0 Å². The Balaban J connectivity index is 2.55. The molecule has 0 heterocycles. The number of benzene rings is 1. The van der Waals surface area contributed by atoms with Gasteiger partial charge in [-0.2, -0.15) is 0 Å². The largest absolute Gasteiger partial charge is 0.488 e. The predicted octanol–water partition coefficient (Wildman–Crippen LogP) is 2.67. The number of hydrogen-bond acceptors (Lipinski definition) is 4. The average Bonchev–Trinajstić information content (AvgIpc) is 2.37. The summed E-state index contributed by atoms with van der Waals surface area (Å²) in [7, 11) is 0. The summed E-state index contributed by atoms with van der Waals surface area (Å²) in [6.07, 6.45) is -0.374. The van der Waals surface area contributed by atoms with E-state index in [2.05, 4.69) is 0 Å². The fraction of sp³-hybridized carbons (Fsp3) is 0.500. The van der Waals surface area contributed by atoms with Crippen molar-refractivity contribution in [3.05, 3.63) is 29.8 Å². The molecule has 0 saturated carbocycles. The molecule has 4 nitrogen and oxygen atoms in total. The maximum atomic E-state index is 11.2. The Bertz CT molecular complexity index is 370. The summed E-state index contributed by atoms with van der Waals surface area (Å²) in [5, 5.41) is 0. The van der Waals surface area contributed by atoms with Crippen LogP contribution in [0.25, 0.3) is 0 Å². The summed E-state index contributed by atoms with van der Waals surface area (Å²) in [4.78, 5) is 11.2. The number of carbonyl (C=O) groups is 1. The summed E-state index contributed by atoms with van der Waals surface area (Å²) in [6, 6.07) is 7.08. The summed E-state index contributed by atoms with van der Waals surface area (Å²) in [6.45, 7) is 6.79. The first kappa shape index (κ1) is 14.7. The van der Waals surface area contributed by atoms with Crippen LogP contribution >= 0.6 is 0 Å². The van der Waals surface area contributed by atoms with Crippen molar-refractivity contribution in [1.29, 1.82) is 0 Å². The van der Waals surface area contributed by atoms with E-state index in [0.29, 0.717) is 31.1 Å². The van der Waals surface area contributed by atoms with Gasteiger partial charge in [0.2, 0.25) is 0 Å². The van der Waals surface area contributed by atoms with Crippen LogP contribution in [0.4, 0.5) is 0 Å². The van der Waals surface area contributed by atoms with Gasteiger partial charge in [-0.15, -0.1) is 0 Å². The van der Waals surface area contributed by atoms with Gasteiger partial charge in [0.1, 0.15) is 12.4 Å². The van der Waals surface area contributed by atoms with Crippen LogP contribution in [-0.2, 0) is 9.47 Å². The van der Waals surface area contributed by atoms with E-state index in [4.69, 9.17) is 14.2 Å². The Morgan fingerprint density at radius 2 is 1.89 bits per heavy atom. The number of carbonyl (C=O) groups excluding carboxylic acids is 1. The maximum absolute atomic E-state index is 11.2. The van der Waals surface area contributed by atoms with Crippen LogP contribution in [0.3, 0.4) is 0 Å². The van der Waals surface area contributed by atoms with E-state index in [9.17, 15) is 4.79 Å². The molecule has 0 radical (unpaired) electrons. The van der Waals surface area contributed by atoms with E-state index in [1.54, 1.807) is 24.3 Å². The third kappa shape index (κ3) is 4.85. The molecular weight excluding hydrogens is 232 g/mol. The zero-order chi connectivity index (χ0) is 13.4. The molecule has 0 saturated heterocycles. The van der Waals surface area contributed by atoms with Gasteiger partial charge in [0.05, 0.1) is 0 Å². The van der Waals surface area contributed by atoms with Gasteiger partial charge in [-0.3, -0.25) is 4.79 Å². The molecule has 0 bridgehead atoms. The van der Waals surface area contributed by atoms with Crippen molar-refractivity contribution >= 4 is 5.78 Å². The first-order valence-electron chi connectivity index (χ1n) is 6.14. The molecule has 0 fully saturated rings. The maximum Gasteiger partial charge on any atom is 0.191 e. The Labute approximate surface area is 108 Å². The normalized spacial score (nSPS) is 10.7. The second-order valence-electron chi connectivity index (χ2n) is 3.74. The van der Waals surface area contributed by atoms with Crippen molar-refractivity contribution < 1.29 is 19.0 Å². The van der Waals surface area contributed by atoms with Crippen molar-refractivity contribution in [1.82, 2.24) is 0 Å². The van der Waals surface area contributed by atoms with Crippen LogP contribution in [0.5, 0.6) is 5.75 Å². The van der Waals surface area contributed by atoms with Gasteiger partial charge >= 0.3 is 0 Å². The molecule has 0 aliphatic rings. The highest BCUT2D eigenvalue weighted by molar-refractivity contribution is 5.94. The third-order valence-electron chi connectivity index (χ3n) is 2.33. The Kier molecular flexibility index (Phi) is 6.39. The highest BCUT2D eigenvalue weighted by atomic mass is 16.7. The molecule has 1 aromatic carbocycles. The lowest BCUT2D eigenvalue weighted by Gasteiger charge is -2.17.